The zero-order chi connectivity index (χ0) is 18.7. The minimum Gasteiger partial charge on any atom is -0.490 e. The molecular formula is C20H27NO5S. The molecule has 6 nitrogen and oxygen atoms in total. The van der Waals surface area contributed by atoms with Gasteiger partial charge in [-0.05, 0) is 30.7 Å². The first kappa shape index (κ1) is 21.3. The van der Waals surface area contributed by atoms with E-state index in [9.17, 15) is 9.00 Å². The summed E-state index contributed by atoms with van der Waals surface area (Å²) in [5, 5.41) is 0. The van der Waals surface area contributed by atoms with Crippen molar-refractivity contribution in [3.8, 4) is 16.9 Å². The normalized spacial score (nSPS) is 15.8. The van der Waals surface area contributed by atoms with Gasteiger partial charge in [0.05, 0.1) is 13.2 Å². The van der Waals surface area contributed by atoms with Crippen LogP contribution in [0.15, 0.2) is 35.3 Å². The molecule has 7 heteroatoms. The van der Waals surface area contributed by atoms with E-state index in [-0.39, 0.29) is 17.1 Å². The molecular weight excluding hydrogens is 366 g/mol. The van der Waals surface area contributed by atoms with Gasteiger partial charge in [-0.3, -0.25) is 9.00 Å². The van der Waals surface area contributed by atoms with E-state index >= 15 is 0 Å². The van der Waals surface area contributed by atoms with Crippen LogP contribution in [-0.2, 0) is 28.3 Å². The molecule has 1 aromatic heterocycles. The summed E-state index contributed by atoms with van der Waals surface area (Å²) in [4.78, 5) is 12.0. The fraction of sp³-hybridized carbons (Fsp3) is 0.450. The molecule has 0 spiro atoms. The average Bonchev–Trinajstić information content (AvgIpc) is 2.61. The fourth-order valence-electron chi connectivity index (χ4n) is 3.23. The second kappa shape index (κ2) is 9.30. The lowest BCUT2D eigenvalue weighted by Gasteiger charge is -2.25. The molecule has 2 aromatic rings. The summed E-state index contributed by atoms with van der Waals surface area (Å²) in [5.74, 6) is 1.29. The predicted octanol–water partition coefficient (Wildman–Crippen LogP) is 1.97. The van der Waals surface area contributed by atoms with Crippen LogP contribution in [0.25, 0.3) is 11.1 Å². The molecule has 27 heavy (non-hydrogen) atoms. The molecule has 2 heterocycles. The van der Waals surface area contributed by atoms with E-state index in [2.05, 4.69) is 0 Å². The summed E-state index contributed by atoms with van der Waals surface area (Å²) in [7, 11) is 0.834. The second-order valence-electron chi connectivity index (χ2n) is 6.81. The number of aromatic nitrogens is 1. The molecule has 1 aliphatic rings. The van der Waals surface area contributed by atoms with E-state index < -0.39 is 10.8 Å². The lowest BCUT2D eigenvalue weighted by atomic mass is 10.0. The van der Waals surface area contributed by atoms with Gasteiger partial charge < -0.3 is 19.5 Å². The van der Waals surface area contributed by atoms with Crippen molar-refractivity contribution in [2.45, 2.75) is 31.6 Å². The molecule has 148 valence electrons. The third kappa shape index (κ3) is 5.28. The lowest BCUT2D eigenvalue weighted by molar-refractivity contribution is 0.0258. The van der Waals surface area contributed by atoms with Gasteiger partial charge in [0.2, 0.25) is 0 Å². The Morgan fingerprint density at radius 3 is 2.59 bits per heavy atom. The first-order valence-corrected chi connectivity index (χ1v) is 10.5. The summed E-state index contributed by atoms with van der Waals surface area (Å²) in [6, 6.07) is 7.83. The summed E-state index contributed by atoms with van der Waals surface area (Å²) in [6.45, 7) is 3.24. The number of hydrogen-bond donors (Lipinski definition) is 0. The Bertz CT molecular complexity index is 845. The van der Waals surface area contributed by atoms with Crippen LogP contribution in [0.4, 0.5) is 0 Å². The molecule has 3 rings (SSSR count). The van der Waals surface area contributed by atoms with Crippen molar-refractivity contribution in [3.05, 3.63) is 51.9 Å². The van der Waals surface area contributed by atoms with E-state index in [0.29, 0.717) is 24.5 Å². The smallest absolute Gasteiger partial charge is 0.253 e. The highest BCUT2D eigenvalue weighted by Crippen LogP contribution is 2.33. The molecule has 1 fully saturated rings. The Morgan fingerprint density at radius 2 is 1.96 bits per heavy atom. The van der Waals surface area contributed by atoms with E-state index in [1.54, 1.807) is 17.9 Å². The molecule has 1 saturated heterocycles. The monoisotopic (exact) mass is 393 g/mol. The number of aryl methyl sites for hydroxylation is 2. The van der Waals surface area contributed by atoms with E-state index in [1.807, 2.05) is 37.4 Å². The van der Waals surface area contributed by atoms with Crippen molar-refractivity contribution < 1.29 is 19.2 Å². The maximum Gasteiger partial charge on any atom is 0.253 e. The SMILES string of the molecule is Cc1cc(-c2cc(CS(C)=O)ccc2OC2CCOCC2)cn(C)c1=O.O. The zero-order valence-corrected chi connectivity index (χ0v) is 16.8. The van der Waals surface area contributed by atoms with Crippen molar-refractivity contribution in [3.63, 3.8) is 0 Å². The molecule has 0 radical (unpaired) electrons. The Hall–Kier alpha value is -1.96. The number of benzene rings is 1. The summed E-state index contributed by atoms with van der Waals surface area (Å²) in [5.41, 5.74) is 3.53. The van der Waals surface area contributed by atoms with Crippen LogP contribution in [0, 0.1) is 6.92 Å². The first-order chi connectivity index (χ1) is 12.4. The highest BCUT2D eigenvalue weighted by Gasteiger charge is 2.18. The number of pyridine rings is 1. The van der Waals surface area contributed by atoms with E-state index in [4.69, 9.17) is 9.47 Å². The minimum atomic E-state index is -0.919. The van der Waals surface area contributed by atoms with E-state index in [1.165, 1.54) is 0 Å². The Balaban J connectivity index is 0.00000261. The van der Waals surface area contributed by atoms with Crippen LogP contribution >= 0.6 is 0 Å². The van der Waals surface area contributed by atoms with Gasteiger partial charge in [0.25, 0.3) is 5.56 Å². The van der Waals surface area contributed by atoms with Crippen LogP contribution in [0.2, 0.25) is 0 Å². The Morgan fingerprint density at radius 1 is 1.26 bits per heavy atom. The second-order valence-corrected chi connectivity index (χ2v) is 8.24. The Kier molecular flexibility index (Phi) is 7.35. The molecule has 0 bridgehead atoms. The fourth-order valence-corrected chi connectivity index (χ4v) is 3.88. The summed E-state index contributed by atoms with van der Waals surface area (Å²) < 4.78 is 24.9. The highest BCUT2D eigenvalue weighted by molar-refractivity contribution is 7.83. The van der Waals surface area contributed by atoms with Crippen LogP contribution in [0.3, 0.4) is 0 Å². The van der Waals surface area contributed by atoms with Crippen molar-refractivity contribution >= 4 is 10.8 Å². The summed E-state index contributed by atoms with van der Waals surface area (Å²) >= 11 is 0. The number of rotatable bonds is 5. The van der Waals surface area contributed by atoms with Crippen LogP contribution in [-0.4, -0.2) is 39.8 Å². The van der Waals surface area contributed by atoms with Gasteiger partial charge in [0.15, 0.2) is 0 Å². The van der Waals surface area contributed by atoms with Crippen LogP contribution in [0.5, 0.6) is 5.75 Å². The van der Waals surface area contributed by atoms with Gasteiger partial charge >= 0.3 is 0 Å². The van der Waals surface area contributed by atoms with Crippen LogP contribution in [0.1, 0.15) is 24.0 Å². The van der Waals surface area contributed by atoms with Crippen molar-refractivity contribution in [2.24, 2.45) is 7.05 Å². The number of nitrogens with zero attached hydrogens (tertiary/aromatic N) is 1. The van der Waals surface area contributed by atoms with Crippen molar-refractivity contribution in [1.29, 1.82) is 0 Å². The average molecular weight is 394 g/mol. The van der Waals surface area contributed by atoms with Gasteiger partial charge in [-0.15, -0.1) is 0 Å². The van der Waals surface area contributed by atoms with Gasteiger partial charge in [-0.25, -0.2) is 0 Å². The molecule has 1 unspecified atom stereocenters. The van der Waals surface area contributed by atoms with Gasteiger partial charge in [-0.1, -0.05) is 6.07 Å². The van der Waals surface area contributed by atoms with Crippen LogP contribution < -0.4 is 10.3 Å². The predicted molar refractivity (Wildman–Crippen MR) is 108 cm³/mol. The molecule has 0 aliphatic carbocycles. The third-order valence-corrected chi connectivity index (χ3v) is 5.29. The largest absolute Gasteiger partial charge is 0.490 e. The minimum absolute atomic E-state index is 0. The molecule has 1 aromatic carbocycles. The number of hydrogen-bond acceptors (Lipinski definition) is 4. The van der Waals surface area contributed by atoms with E-state index in [0.717, 1.165) is 35.3 Å². The topological polar surface area (TPSA) is 89.0 Å². The van der Waals surface area contributed by atoms with Gasteiger partial charge in [-0.2, -0.15) is 0 Å². The van der Waals surface area contributed by atoms with Gasteiger partial charge in [0, 0.05) is 65.6 Å². The van der Waals surface area contributed by atoms with Crippen molar-refractivity contribution in [2.75, 3.05) is 19.5 Å². The zero-order valence-electron chi connectivity index (χ0n) is 16.0. The lowest BCUT2D eigenvalue weighted by Crippen LogP contribution is -2.26. The first-order valence-electron chi connectivity index (χ1n) is 8.79. The highest BCUT2D eigenvalue weighted by atomic mass is 32.2. The third-order valence-electron chi connectivity index (χ3n) is 4.55. The molecule has 1 aliphatic heterocycles. The van der Waals surface area contributed by atoms with Crippen molar-refractivity contribution in [1.82, 2.24) is 4.57 Å². The number of ether oxygens (including phenoxy) is 2. The Labute approximate surface area is 161 Å². The maximum absolute atomic E-state index is 12.0. The molecule has 2 N–H and O–H groups in total. The van der Waals surface area contributed by atoms with Gasteiger partial charge in [0.1, 0.15) is 11.9 Å². The quantitative estimate of drug-likeness (QED) is 0.777. The molecule has 0 amide bonds. The maximum atomic E-state index is 12.0. The molecule has 0 saturated carbocycles. The summed E-state index contributed by atoms with van der Waals surface area (Å²) in [6.07, 6.45) is 5.39. The standard InChI is InChI=1S/C20H25NO4S.H2O/c1-14-10-16(12-21(2)20(14)22)18-11-15(13-26(3)23)4-5-19(18)25-17-6-8-24-9-7-17;/h4-5,10-12,17H,6-9,13H2,1-3H3;1H2. The molecule has 1 atom stereocenters.